The van der Waals surface area contributed by atoms with Crippen molar-refractivity contribution in [2.75, 3.05) is 38.1 Å². The van der Waals surface area contributed by atoms with Crippen molar-refractivity contribution in [3.8, 4) is 0 Å². The van der Waals surface area contributed by atoms with E-state index in [-0.39, 0.29) is 5.91 Å². The molecule has 0 spiro atoms. The maximum atomic E-state index is 12.6. The van der Waals surface area contributed by atoms with E-state index in [1.54, 1.807) is 29.3 Å². The zero-order valence-corrected chi connectivity index (χ0v) is 12.7. The number of fused-ring (bicyclic) bond motifs is 1. The summed E-state index contributed by atoms with van der Waals surface area (Å²) in [6, 6.07) is 0. The first-order valence-corrected chi connectivity index (χ1v) is 7.76. The molecule has 0 aromatic carbocycles. The van der Waals surface area contributed by atoms with Crippen molar-refractivity contribution in [3.05, 3.63) is 30.4 Å². The summed E-state index contributed by atoms with van der Waals surface area (Å²) in [5.41, 5.74) is 1.40. The Morgan fingerprint density at radius 1 is 1.25 bits per heavy atom. The highest BCUT2D eigenvalue weighted by Gasteiger charge is 2.24. The molecule has 1 amide bonds. The van der Waals surface area contributed by atoms with Gasteiger partial charge in [0.1, 0.15) is 0 Å². The molecule has 0 aliphatic carbocycles. The van der Waals surface area contributed by atoms with Crippen LogP contribution in [0.25, 0.3) is 5.52 Å². The Labute approximate surface area is 125 Å². The van der Waals surface area contributed by atoms with Crippen LogP contribution in [0.3, 0.4) is 0 Å². The van der Waals surface area contributed by atoms with Gasteiger partial charge in [0.15, 0.2) is 0 Å². The van der Waals surface area contributed by atoms with Crippen LogP contribution >= 0.6 is 15.9 Å². The van der Waals surface area contributed by atoms with Gasteiger partial charge in [0.05, 0.1) is 23.5 Å². The number of piperazine rings is 1. The van der Waals surface area contributed by atoms with Crippen molar-refractivity contribution >= 4 is 27.4 Å². The number of rotatable bonds is 3. The highest BCUT2D eigenvalue weighted by molar-refractivity contribution is 9.09. The Morgan fingerprint density at radius 2 is 2.05 bits per heavy atom. The fourth-order valence-electron chi connectivity index (χ4n) is 2.46. The third-order valence-corrected chi connectivity index (χ3v) is 3.97. The van der Waals surface area contributed by atoms with Gasteiger partial charge in [0.2, 0.25) is 0 Å². The van der Waals surface area contributed by atoms with Gasteiger partial charge in [-0.25, -0.2) is 4.52 Å². The molecule has 20 heavy (non-hydrogen) atoms. The summed E-state index contributed by atoms with van der Waals surface area (Å²) in [6.45, 7) is 4.42. The summed E-state index contributed by atoms with van der Waals surface area (Å²) < 4.78 is 1.68. The van der Waals surface area contributed by atoms with Gasteiger partial charge in [-0.3, -0.25) is 14.7 Å². The van der Waals surface area contributed by atoms with E-state index in [0.717, 1.165) is 43.6 Å². The van der Waals surface area contributed by atoms with E-state index in [4.69, 9.17) is 0 Å². The summed E-state index contributed by atoms with van der Waals surface area (Å²) in [4.78, 5) is 20.9. The Morgan fingerprint density at radius 3 is 2.80 bits per heavy atom. The molecule has 106 valence electrons. The van der Waals surface area contributed by atoms with Gasteiger partial charge in [0.25, 0.3) is 5.91 Å². The van der Waals surface area contributed by atoms with Crippen molar-refractivity contribution in [1.82, 2.24) is 24.4 Å². The fraction of sp³-hybridized carbons (Fsp3) is 0.462. The normalized spacial score (nSPS) is 16.8. The van der Waals surface area contributed by atoms with Crippen LogP contribution < -0.4 is 0 Å². The number of halogens is 1. The van der Waals surface area contributed by atoms with Crippen LogP contribution in [0, 0.1) is 0 Å². The second-order valence-corrected chi connectivity index (χ2v) is 5.58. The SMILES string of the molecule is O=C(c1cnn2ccncc12)N1CCN(CCBr)CC1. The molecule has 1 aliphatic heterocycles. The van der Waals surface area contributed by atoms with E-state index >= 15 is 0 Å². The third kappa shape index (κ3) is 2.55. The van der Waals surface area contributed by atoms with Crippen molar-refractivity contribution in [1.29, 1.82) is 0 Å². The standard InChI is InChI=1S/C13H16BrN5O/c14-1-3-17-5-7-18(8-6-17)13(20)11-9-16-19-4-2-15-10-12(11)19/h2,4,9-10H,1,3,5-8H2. The van der Waals surface area contributed by atoms with Crippen LogP contribution in [0.5, 0.6) is 0 Å². The van der Waals surface area contributed by atoms with Crippen molar-refractivity contribution in [2.24, 2.45) is 0 Å². The summed E-state index contributed by atoms with van der Waals surface area (Å²) in [6.07, 6.45) is 6.72. The topological polar surface area (TPSA) is 53.7 Å². The first-order valence-electron chi connectivity index (χ1n) is 6.64. The van der Waals surface area contributed by atoms with Crippen LogP contribution in [0.1, 0.15) is 10.4 Å². The molecule has 1 fully saturated rings. The predicted octanol–water partition coefficient (Wildman–Crippen LogP) is 0.882. The van der Waals surface area contributed by atoms with Gasteiger partial charge in [-0.15, -0.1) is 0 Å². The minimum absolute atomic E-state index is 0.0477. The smallest absolute Gasteiger partial charge is 0.257 e. The minimum Gasteiger partial charge on any atom is -0.336 e. The minimum atomic E-state index is 0.0477. The number of alkyl halides is 1. The number of carbonyl (C=O) groups excluding carboxylic acids is 1. The molecule has 0 bridgehead atoms. The molecule has 2 aromatic heterocycles. The van der Waals surface area contributed by atoms with Crippen molar-refractivity contribution in [3.63, 3.8) is 0 Å². The van der Waals surface area contributed by atoms with Crippen LogP contribution in [0.15, 0.2) is 24.8 Å². The molecule has 0 radical (unpaired) electrons. The second-order valence-electron chi connectivity index (χ2n) is 4.79. The summed E-state index contributed by atoms with van der Waals surface area (Å²) in [5.74, 6) is 0.0477. The molecule has 0 saturated carbocycles. The largest absolute Gasteiger partial charge is 0.336 e. The maximum absolute atomic E-state index is 12.6. The molecular weight excluding hydrogens is 322 g/mol. The lowest BCUT2D eigenvalue weighted by molar-refractivity contribution is 0.0647. The van der Waals surface area contributed by atoms with Gasteiger partial charge in [-0.1, -0.05) is 15.9 Å². The zero-order chi connectivity index (χ0) is 13.9. The lowest BCUT2D eigenvalue weighted by atomic mass is 10.2. The van der Waals surface area contributed by atoms with E-state index in [1.807, 2.05) is 4.90 Å². The molecule has 1 aliphatic rings. The van der Waals surface area contributed by atoms with Crippen LogP contribution in [0.2, 0.25) is 0 Å². The molecule has 0 atom stereocenters. The van der Waals surface area contributed by atoms with Gasteiger partial charge in [-0.05, 0) is 0 Å². The lowest BCUT2D eigenvalue weighted by Crippen LogP contribution is -2.49. The van der Waals surface area contributed by atoms with E-state index in [0.29, 0.717) is 5.56 Å². The molecule has 3 heterocycles. The highest BCUT2D eigenvalue weighted by atomic mass is 79.9. The summed E-state index contributed by atoms with van der Waals surface area (Å²) in [5, 5.41) is 5.16. The molecule has 1 saturated heterocycles. The monoisotopic (exact) mass is 337 g/mol. The molecule has 6 nitrogen and oxygen atoms in total. The van der Waals surface area contributed by atoms with Gasteiger partial charge in [0, 0.05) is 50.4 Å². The number of amides is 1. The van der Waals surface area contributed by atoms with E-state index in [1.165, 1.54) is 0 Å². The number of hydrogen-bond acceptors (Lipinski definition) is 4. The number of carbonyl (C=O) groups is 1. The van der Waals surface area contributed by atoms with Crippen LogP contribution in [-0.2, 0) is 0 Å². The maximum Gasteiger partial charge on any atom is 0.257 e. The van der Waals surface area contributed by atoms with Crippen LogP contribution in [-0.4, -0.2) is 68.4 Å². The first kappa shape index (κ1) is 13.5. The first-order chi connectivity index (χ1) is 9.79. The van der Waals surface area contributed by atoms with Gasteiger partial charge in [-0.2, -0.15) is 5.10 Å². The number of hydrogen-bond donors (Lipinski definition) is 0. The highest BCUT2D eigenvalue weighted by Crippen LogP contribution is 2.13. The third-order valence-electron chi connectivity index (χ3n) is 3.62. The average Bonchev–Trinajstić information content (AvgIpc) is 2.92. The second kappa shape index (κ2) is 5.88. The molecule has 2 aromatic rings. The fourth-order valence-corrected chi connectivity index (χ4v) is 2.97. The Balaban J connectivity index is 1.74. The van der Waals surface area contributed by atoms with Gasteiger partial charge < -0.3 is 4.90 Å². The summed E-state index contributed by atoms with van der Waals surface area (Å²) in [7, 11) is 0. The molecule has 0 unspecified atom stereocenters. The Hall–Kier alpha value is -1.47. The average molecular weight is 338 g/mol. The quantitative estimate of drug-likeness (QED) is 0.780. The number of aromatic nitrogens is 3. The van der Waals surface area contributed by atoms with E-state index in [2.05, 4.69) is 30.9 Å². The van der Waals surface area contributed by atoms with Crippen LogP contribution in [0.4, 0.5) is 0 Å². The Bertz CT molecular complexity index is 606. The lowest BCUT2D eigenvalue weighted by Gasteiger charge is -2.34. The molecule has 3 rings (SSSR count). The van der Waals surface area contributed by atoms with E-state index < -0.39 is 0 Å². The summed E-state index contributed by atoms with van der Waals surface area (Å²) >= 11 is 3.45. The van der Waals surface area contributed by atoms with E-state index in [9.17, 15) is 4.79 Å². The van der Waals surface area contributed by atoms with Crippen molar-refractivity contribution in [2.45, 2.75) is 0 Å². The molecule has 0 N–H and O–H groups in total. The van der Waals surface area contributed by atoms with Crippen molar-refractivity contribution < 1.29 is 4.79 Å². The number of nitrogens with zero attached hydrogens (tertiary/aromatic N) is 5. The Kier molecular flexibility index (Phi) is 3.98. The molecule has 7 heteroatoms. The zero-order valence-electron chi connectivity index (χ0n) is 11.1. The van der Waals surface area contributed by atoms with Gasteiger partial charge >= 0.3 is 0 Å². The predicted molar refractivity (Wildman–Crippen MR) is 79.1 cm³/mol. The molecular formula is C13H16BrN5O.